The molecule has 4 rings (SSSR count). The van der Waals surface area contributed by atoms with Crippen molar-refractivity contribution in [2.24, 2.45) is 0 Å². The Balaban J connectivity index is 1.67. The summed E-state index contributed by atoms with van der Waals surface area (Å²) in [5, 5.41) is 36.9. The average Bonchev–Trinajstić information content (AvgIpc) is 2.81. The summed E-state index contributed by atoms with van der Waals surface area (Å²) in [5.41, 5.74) is 0.608. The van der Waals surface area contributed by atoms with Gasteiger partial charge < -0.3 is 35.8 Å². The minimum Gasteiger partial charge on any atom is -0.507 e. The smallest absolute Gasteiger partial charge is 0.251 e. The van der Waals surface area contributed by atoms with Gasteiger partial charge in [0.1, 0.15) is 17.6 Å². The monoisotopic (exact) mass is 482 g/mol. The van der Waals surface area contributed by atoms with Gasteiger partial charge in [-0.05, 0) is 51.2 Å². The molecule has 1 amide bonds. The third-order valence-corrected chi connectivity index (χ3v) is 6.35. The number of likely N-dealkylation sites (tertiary alicyclic amines) is 1. The second-order valence-corrected chi connectivity index (χ2v) is 9.06. The van der Waals surface area contributed by atoms with Crippen molar-refractivity contribution < 1.29 is 29.7 Å². The van der Waals surface area contributed by atoms with Gasteiger partial charge in [0.15, 0.2) is 0 Å². The number of nitrogens with zero attached hydrogens (tertiary/aromatic N) is 2. The number of piperidine rings is 1. The molecule has 2 aliphatic rings. The number of aliphatic hydroxyl groups excluding tert-OH is 1. The molecule has 1 atom stereocenters. The van der Waals surface area contributed by atoms with Crippen LogP contribution in [0.4, 0.5) is 11.4 Å². The number of hydrogen-bond acceptors (Lipinski definition) is 9. The SMILES string of the molecule is CN(C)CCNc1ccc(NCCN2CCCC(O)C2=O)c2c1C(=O)c1c(O)ccc(O)c1C2=O. The molecular formula is C25H30N4O6. The second kappa shape index (κ2) is 9.93. The molecule has 1 saturated heterocycles. The van der Waals surface area contributed by atoms with Gasteiger partial charge in [-0.25, -0.2) is 0 Å². The van der Waals surface area contributed by atoms with E-state index in [9.17, 15) is 29.7 Å². The molecular weight excluding hydrogens is 452 g/mol. The van der Waals surface area contributed by atoms with Crippen molar-refractivity contribution in [3.63, 3.8) is 0 Å². The highest BCUT2D eigenvalue weighted by Crippen LogP contribution is 2.42. The van der Waals surface area contributed by atoms with Gasteiger partial charge in [0, 0.05) is 44.1 Å². The van der Waals surface area contributed by atoms with Crippen LogP contribution in [-0.2, 0) is 4.79 Å². The summed E-state index contributed by atoms with van der Waals surface area (Å²) in [4.78, 5) is 42.8. The molecule has 0 aromatic heterocycles. The van der Waals surface area contributed by atoms with Gasteiger partial charge in [-0.1, -0.05) is 0 Å². The molecule has 186 valence electrons. The maximum atomic E-state index is 13.5. The van der Waals surface area contributed by atoms with Crippen molar-refractivity contribution in [1.82, 2.24) is 9.80 Å². The van der Waals surface area contributed by atoms with Crippen LogP contribution in [0.5, 0.6) is 11.5 Å². The maximum absolute atomic E-state index is 13.5. The number of ketones is 2. The zero-order valence-corrected chi connectivity index (χ0v) is 19.8. The van der Waals surface area contributed by atoms with Crippen molar-refractivity contribution in [1.29, 1.82) is 0 Å². The van der Waals surface area contributed by atoms with E-state index in [-0.39, 0.29) is 39.7 Å². The number of aliphatic hydroxyl groups is 1. The number of aromatic hydroxyl groups is 2. The number of likely N-dealkylation sites (N-methyl/N-ethyl adjacent to an activating group) is 1. The van der Waals surface area contributed by atoms with E-state index in [1.54, 1.807) is 17.0 Å². The number of amides is 1. The summed E-state index contributed by atoms with van der Waals surface area (Å²) >= 11 is 0. The number of phenolic OH excluding ortho intramolecular Hbond substituents is 2. The van der Waals surface area contributed by atoms with Crippen LogP contribution in [-0.4, -0.2) is 95.5 Å². The third kappa shape index (κ3) is 4.67. The van der Waals surface area contributed by atoms with Gasteiger partial charge in [-0.2, -0.15) is 0 Å². The van der Waals surface area contributed by atoms with Gasteiger partial charge in [0.05, 0.1) is 22.3 Å². The Bertz CT molecular complexity index is 1180. The van der Waals surface area contributed by atoms with Gasteiger partial charge in [0.2, 0.25) is 11.6 Å². The van der Waals surface area contributed by atoms with Crippen molar-refractivity contribution in [3.05, 3.63) is 46.5 Å². The second-order valence-electron chi connectivity index (χ2n) is 9.06. The molecule has 0 spiro atoms. The first-order valence-corrected chi connectivity index (χ1v) is 11.6. The zero-order chi connectivity index (χ0) is 25.3. The van der Waals surface area contributed by atoms with E-state index >= 15 is 0 Å². The Morgan fingerprint density at radius 3 is 1.97 bits per heavy atom. The molecule has 5 N–H and O–H groups in total. The Morgan fingerprint density at radius 2 is 1.43 bits per heavy atom. The van der Waals surface area contributed by atoms with Crippen molar-refractivity contribution in [3.8, 4) is 11.5 Å². The lowest BCUT2D eigenvalue weighted by atomic mass is 9.81. The molecule has 2 aromatic rings. The zero-order valence-electron chi connectivity index (χ0n) is 19.8. The summed E-state index contributed by atoms with van der Waals surface area (Å²) in [6, 6.07) is 5.75. The molecule has 1 aliphatic carbocycles. The van der Waals surface area contributed by atoms with E-state index in [2.05, 4.69) is 10.6 Å². The highest BCUT2D eigenvalue weighted by molar-refractivity contribution is 6.33. The van der Waals surface area contributed by atoms with Gasteiger partial charge in [-0.15, -0.1) is 0 Å². The number of nitrogens with one attached hydrogen (secondary N) is 2. The van der Waals surface area contributed by atoms with Crippen molar-refractivity contribution in [2.75, 3.05) is 57.5 Å². The predicted molar refractivity (Wildman–Crippen MR) is 130 cm³/mol. The fourth-order valence-electron chi connectivity index (χ4n) is 4.54. The molecule has 10 nitrogen and oxygen atoms in total. The van der Waals surface area contributed by atoms with E-state index in [0.717, 1.165) is 0 Å². The molecule has 0 radical (unpaired) electrons. The van der Waals surface area contributed by atoms with Crippen LogP contribution in [0.1, 0.15) is 44.7 Å². The normalized spacial score (nSPS) is 17.4. The lowest BCUT2D eigenvalue weighted by Gasteiger charge is -2.30. The van der Waals surface area contributed by atoms with Crippen LogP contribution in [0, 0.1) is 0 Å². The topological polar surface area (TPSA) is 142 Å². The lowest BCUT2D eigenvalue weighted by molar-refractivity contribution is -0.143. The van der Waals surface area contributed by atoms with E-state index < -0.39 is 17.7 Å². The number of carbonyl (C=O) groups is 3. The molecule has 35 heavy (non-hydrogen) atoms. The molecule has 0 bridgehead atoms. The van der Waals surface area contributed by atoms with Crippen LogP contribution in [0.15, 0.2) is 24.3 Å². The van der Waals surface area contributed by atoms with Gasteiger partial charge in [-0.3, -0.25) is 14.4 Å². The van der Waals surface area contributed by atoms with Crippen LogP contribution in [0.25, 0.3) is 0 Å². The summed E-state index contributed by atoms with van der Waals surface area (Å²) < 4.78 is 0. The fourth-order valence-corrected chi connectivity index (χ4v) is 4.54. The summed E-state index contributed by atoms with van der Waals surface area (Å²) in [7, 11) is 3.84. The van der Waals surface area contributed by atoms with E-state index in [1.807, 2.05) is 19.0 Å². The highest BCUT2D eigenvalue weighted by Gasteiger charge is 2.38. The quantitative estimate of drug-likeness (QED) is 0.300. The summed E-state index contributed by atoms with van der Waals surface area (Å²) in [6.45, 7) is 2.36. The molecule has 1 fully saturated rings. The largest absolute Gasteiger partial charge is 0.507 e. The van der Waals surface area contributed by atoms with Gasteiger partial charge in [0.25, 0.3) is 5.91 Å². The number of anilines is 2. The molecule has 1 aliphatic heterocycles. The van der Waals surface area contributed by atoms with E-state index in [4.69, 9.17) is 0 Å². The Morgan fingerprint density at radius 1 is 0.886 bits per heavy atom. The number of benzene rings is 2. The molecule has 1 unspecified atom stereocenters. The minimum absolute atomic E-state index is 0.100. The Kier molecular flexibility index (Phi) is 6.95. The summed E-state index contributed by atoms with van der Waals surface area (Å²) in [5.74, 6) is -2.21. The predicted octanol–water partition coefficient (Wildman–Crippen LogP) is 1.24. The number of fused-ring (bicyclic) bond motifs is 2. The van der Waals surface area contributed by atoms with Crippen LogP contribution in [0.3, 0.4) is 0 Å². The third-order valence-electron chi connectivity index (χ3n) is 6.35. The fraction of sp³-hybridized carbons (Fsp3) is 0.400. The number of hydrogen-bond donors (Lipinski definition) is 5. The number of phenols is 2. The molecule has 0 saturated carbocycles. The summed E-state index contributed by atoms with van der Waals surface area (Å²) in [6.07, 6.45) is 0.169. The van der Waals surface area contributed by atoms with Crippen LogP contribution < -0.4 is 10.6 Å². The van der Waals surface area contributed by atoms with Gasteiger partial charge >= 0.3 is 0 Å². The van der Waals surface area contributed by atoms with Crippen molar-refractivity contribution in [2.45, 2.75) is 18.9 Å². The first kappa shape index (κ1) is 24.5. The Hall–Kier alpha value is -3.63. The first-order chi connectivity index (χ1) is 16.7. The van der Waals surface area contributed by atoms with Crippen LogP contribution in [0.2, 0.25) is 0 Å². The average molecular weight is 483 g/mol. The molecule has 2 aromatic carbocycles. The van der Waals surface area contributed by atoms with Crippen molar-refractivity contribution >= 4 is 28.8 Å². The first-order valence-electron chi connectivity index (χ1n) is 11.6. The molecule has 1 heterocycles. The minimum atomic E-state index is -0.990. The molecule has 10 heteroatoms. The van der Waals surface area contributed by atoms with E-state index in [1.165, 1.54) is 12.1 Å². The highest BCUT2D eigenvalue weighted by atomic mass is 16.3. The van der Waals surface area contributed by atoms with Crippen LogP contribution >= 0.6 is 0 Å². The Labute approximate surface area is 203 Å². The van der Waals surface area contributed by atoms with E-state index in [0.29, 0.717) is 56.9 Å². The lowest BCUT2D eigenvalue weighted by Crippen LogP contribution is -2.45. The number of rotatable bonds is 8. The standard InChI is InChI=1S/C25H30N4O6/c1-28(2)12-9-26-14-5-6-15(27-10-13-29-11-3-4-18(32)25(29)35)20-19(14)23(33)21-16(30)7-8-17(31)22(21)24(20)34/h5-8,18,26-27,30-32H,3-4,9-13H2,1-2H3. The number of carbonyl (C=O) groups excluding carboxylic acids is 3. The maximum Gasteiger partial charge on any atom is 0.251 e.